The van der Waals surface area contributed by atoms with Gasteiger partial charge in [0.05, 0.1) is 6.61 Å². The summed E-state index contributed by atoms with van der Waals surface area (Å²) in [6, 6.07) is 4.14. The molecule has 0 aliphatic rings. The van der Waals surface area contributed by atoms with Crippen LogP contribution in [0.4, 0.5) is 10.1 Å². The lowest BCUT2D eigenvalue weighted by atomic mass is 10.2. The minimum absolute atomic E-state index is 0.000770. The Labute approximate surface area is 88.1 Å². The van der Waals surface area contributed by atoms with Crippen molar-refractivity contribution in [3.63, 3.8) is 0 Å². The van der Waals surface area contributed by atoms with Crippen LogP contribution >= 0.6 is 0 Å². The van der Waals surface area contributed by atoms with Crippen molar-refractivity contribution in [3.05, 3.63) is 29.6 Å². The molecule has 0 unspecified atom stereocenters. The minimum Gasteiger partial charge on any atom is -0.395 e. The van der Waals surface area contributed by atoms with Gasteiger partial charge in [-0.2, -0.15) is 0 Å². The van der Waals surface area contributed by atoms with Crippen molar-refractivity contribution in [3.8, 4) is 0 Å². The molecule has 0 radical (unpaired) electrons. The number of carbonyl (C=O) groups is 1. The maximum atomic E-state index is 13.1. The Morgan fingerprint density at radius 1 is 1.47 bits per heavy atom. The monoisotopic (exact) mass is 211 g/mol. The van der Waals surface area contributed by atoms with Gasteiger partial charge in [-0.25, -0.2) is 4.39 Å². The number of hydrogen-bond acceptors (Lipinski definition) is 3. The molecule has 3 nitrogen and oxygen atoms in total. The van der Waals surface area contributed by atoms with Gasteiger partial charge < -0.3 is 10.0 Å². The fourth-order valence-electron chi connectivity index (χ4n) is 1.44. The first kappa shape index (κ1) is 11.7. The van der Waals surface area contributed by atoms with Gasteiger partial charge in [-0.3, -0.25) is 4.79 Å². The Kier molecular flexibility index (Phi) is 4.24. The lowest BCUT2D eigenvalue weighted by Crippen LogP contribution is -2.26. The summed E-state index contributed by atoms with van der Waals surface area (Å²) in [6.07, 6.45) is 0.610. The normalized spacial score (nSPS) is 10.1. The lowest BCUT2D eigenvalue weighted by molar-refractivity contribution is 0.112. The van der Waals surface area contributed by atoms with E-state index in [4.69, 9.17) is 5.11 Å². The van der Waals surface area contributed by atoms with E-state index in [2.05, 4.69) is 0 Å². The van der Waals surface area contributed by atoms with Gasteiger partial charge in [0.2, 0.25) is 0 Å². The van der Waals surface area contributed by atoms with Crippen LogP contribution in [0.25, 0.3) is 0 Å². The van der Waals surface area contributed by atoms with Crippen LogP contribution in [0.5, 0.6) is 0 Å². The molecule has 1 rings (SSSR count). The van der Waals surface area contributed by atoms with E-state index in [1.165, 1.54) is 12.1 Å². The van der Waals surface area contributed by atoms with Crippen LogP contribution in [0, 0.1) is 5.82 Å². The number of likely N-dealkylation sites (N-methyl/N-ethyl adjacent to an activating group) is 1. The van der Waals surface area contributed by atoms with Crippen LogP contribution in [0.2, 0.25) is 0 Å². The topological polar surface area (TPSA) is 40.5 Å². The van der Waals surface area contributed by atoms with E-state index in [9.17, 15) is 9.18 Å². The average molecular weight is 211 g/mol. The molecule has 4 heteroatoms. The number of hydrogen-bond donors (Lipinski definition) is 1. The van der Waals surface area contributed by atoms with Crippen LogP contribution in [-0.2, 0) is 0 Å². The summed E-state index contributed by atoms with van der Waals surface area (Å²) in [5.41, 5.74) is 0.926. The quantitative estimate of drug-likeness (QED) is 0.749. The molecule has 1 N–H and O–H groups in total. The summed E-state index contributed by atoms with van der Waals surface area (Å²) in [5, 5.41) is 8.82. The second kappa shape index (κ2) is 5.46. The molecule has 15 heavy (non-hydrogen) atoms. The predicted molar refractivity (Wildman–Crippen MR) is 56.8 cm³/mol. The number of aldehydes is 1. The number of aliphatic hydroxyl groups excluding tert-OH is 1. The zero-order chi connectivity index (χ0) is 11.3. The van der Waals surface area contributed by atoms with Gasteiger partial charge in [0.1, 0.15) is 12.1 Å². The third-order valence-electron chi connectivity index (χ3n) is 2.16. The smallest absolute Gasteiger partial charge is 0.150 e. The van der Waals surface area contributed by atoms with E-state index in [1.54, 1.807) is 11.0 Å². The molecule has 1 aromatic rings. The molecule has 0 amide bonds. The molecule has 0 heterocycles. The summed E-state index contributed by atoms with van der Waals surface area (Å²) in [4.78, 5) is 12.3. The van der Waals surface area contributed by atoms with Crippen LogP contribution in [0.15, 0.2) is 18.2 Å². The van der Waals surface area contributed by atoms with E-state index >= 15 is 0 Å². The van der Waals surface area contributed by atoms with Crippen LogP contribution in [-0.4, -0.2) is 31.1 Å². The Hall–Kier alpha value is -1.42. The SMILES string of the molecule is CCN(CCO)c1cc(F)cc(C=O)c1. The second-order valence-corrected chi connectivity index (χ2v) is 3.16. The van der Waals surface area contributed by atoms with Gasteiger partial charge in [-0.1, -0.05) is 0 Å². The molecule has 0 saturated carbocycles. The van der Waals surface area contributed by atoms with Crippen LogP contribution in [0.3, 0.4) is 0 Å². The van der Waals surface area contributed by atoms with E-state index in [1.807, 2.05) is 6.92 Å². The highest BCUT2D eigenvalue weighted by Gasteiger charge is 2.06. The Bertz CT molecular complexity index is 341. The summed E-state index contributed by atoms with van der Waals surface area (Å²) < 4.78 is 13.1. The highest BCUT2D eigenvalue weighted by molar-refractivity contribution is 5.77. The molecule has 0 aromatic heterocycles. The maximum Gasteiger partial charge on any atom is 0.150 e. The molecule has 0 spiro atoms. The molecule has 0 aliphatic carbocycles. The molecule has 0 fully saturated rings. The van der Waals surface area contributed by atoms with Crippen molar-refractivity contribution < 1.29 is 14.3 Å². The number of aliphatic hydroxyl groups is 1. The van der Waals surface area contributed by atoms with Crippen molar-refractivity contribution in [2.75, 3.05) is 24.6 Å². The molecule has 0 saturated heterocycles. The van der Waals surface area contributed by atoms with Crippen molar-refractivity contribution in [2.45, 2.75) is 6.92 Å². The van der Waals surface area contributed by atoms with Crippen LogP contribution < -0.4 is 4.90 Å². The van der Waals surface area contributed by atoms with Gasteiger partial charge >= 0.3 is 0 Å². The fourth-order valence-corrected chi connectivity index (χ4v) is 1.44. The van der Waals surface area contributed by atoms with Crippen molar-refractivity contribution >= 4 is 12.0 Å². The zero-order valence-electron chi connectivity index (χ0n) is 8.61. The number of rotatable bonds is 5. The van der Waals surface area contributed by atoms with Gasteiger partial charge in [-0.15, -0.1) is 0 Å². The lowest BCUT2D eigenvalue weighted by Gasteiger charge is -2.22. The van der Waals surface area contributed by atoms with Crippen molar-refractivity contribution in [1.29, 1.82) is 0 Å². The van der Waals surface area contributed by atoms with Crippen molar-refractivity contribution in [1.82, 2.24) is 0 Å². The van der Waals surface area contributed by atoms with E-state index in [0.717, 1.165) is 0 Å². The first-order valence-electron chi connectivity index (χ1n) is 4.82. The number of anilines is 1. The summed E-state index contributed by atoms with van der Waals surface area (Å²) in [7, 11) is 0. The Balaban J connectivity index is 3.00. The molecule has 0 aliphatic heterocycles. The highest BCUT2D eigenvalue weighted by atomic mass is 19.1. The average Bonchev–Trinajstić information content (AvgIpc) is 2.24. The minimum atomic E-state index is -0.439. The van der Waals surface area contributed by atoms with Gasteiger partial charge in [0.25, 0.3) is 0 Å². The predicted octanol–water partition coefficient (Wildman–Crippen LogP) is 1.46. The molecule has 0 bridgehead atoms. The van der Waals surface area contributed by atoms with E-state index in [0.29, 0.717) is 30.6 Å². The third kappa shape index (κ3) is 3.02. The molecule has 0 atom stereocenters. The standard InChI is InChI=1S/C11H14FNO2/c1-2-13(3-4-14)11-6-9(8-15)5-10(12)7-11/h5-8,14H,2-4H2,1H3. The Morgan fingerprint density at radius 3 is 2.73 bits per heavy atom. The zero-order valence-corrected chi connectivity index (χ0v) is 8.61. The Morgan fingerprint density at radius 2 is 2.20 bits per heavy atom. The van der Waals surface area contributed by atoms with Gasteiger partial charge in [0.15, 0.2) is 0 Å². The highest BCUT2D eigenvalue weighted by Crippen LogP contribution is 2.17. The first-order chi connectivity index (χ1) is 7.21. The molecule has 82 valence electrons. The molecular formula is C11H14FNO2. The summed E-state index contributed by atoms with van der Waals surface area (Å²) in [6.45, 7) is 2.99. The van der Waals surface area contributed by atoms with E-state index in [-0.39, 0.29) is 6.61 Å². The van der Waals surface area contributed by atoms with Crippen molar-refractivity contribution in [2.24, 2.45) is 0 Å². The van der Waals surface area contributed by atoms with Crippen LogP contribution in [0.1, 0.15) is 17.3 Å². The second-order valence-electron chi connectivity index (χ2n) is 3.16. The first-order valence-corrected chi connectivity index (χ1v) is 4.82. The third-order valence-corrected chi connectivity index (χ3v) is 2.16. The number of nitrogens with zero attached hydrogens (tertiary/aromatic N) is 1. The maximum absolute atomic E-state index is 13.1. The van der Waals surface area contributed by atoms with Gasteiger partial charge in [-0.05, 0) is 25.1 Å². The largest absolute Gasteiger partial charge is 0.395 e. The number of benzene rings is 1. The van der Waals surface area contributed by atoms with Gasteiger partial charge in [0, 0.05) is 24.3 Å². The number of carbonyl (C=O) groups excluding carboxylic acids is 1. The summed E-state index contributed by atoms with van der Waals surface area (Å²) >= 11 is 0. The molecule has 1 aromatic carbocycles. The summed E-state index contributed by atoms with van der Waals surface area (Å²) in [5.74, 6) is -0.439. The molecular weight excluding hydrogens is 197 g/mol. The number of halogens is 1. The fraction of sp³-hybridized carbons (Fsp3) is 0.364. The van der Waals surface area contributed by atoms with E-state index < -0.39 is 5.82 Å².